The van der Waals surface area contributed by atoms with Crippen LogP contribution in [0.25, 0.3) is 0 Å². The molecule has 0 aliphatic heterocycles. The fourth-order valence-electron chi connectivity index (χ4n) is 3.20. The van der Waals surface area contributed by atoms with Gasteiger partial charge in [0, 0.05) is 6.42 Å². The average Bonchev–Trinajstić information content (AvgIpc) is 2.80. The van der Waals surface area contributed by atoms with Crippen LogP contribution in [0.2, 0.25) is 0 Å². The largest absolute Gasteiger partial charge is 0.491 e. The van der Waals surface area contributed by atoms with Crippen molar-refractivity contribution in [3.63, 3.8) is 0 Å². The number of ether oxygens (including phenoxy) is 1. The van der Waals surface area contributed by atoms with Crippen molar-refractivity contribution in [3.05, 3.63) is 95.6 Å². The van der Waals surface area contributed by atoms with Crippen LogP contribution in [0.5, 0.6) is 5.75 Å². The van der Waals surface area contributed by atoms with Gasteiger partial charge < -0.3 is 4.74 Å². The van der Waals surface area contributed by atoms with Crippen molar-refractivity contribution in [1.82, 2.24) is 10.1 Å². The molecule has 0 aliphatic rings. The van der Waals surface area contributed by atoms with E-state index < -0.39 is 22.0 Å². The molecule has 0 unspecified atom stereocenters. The fourth-order valence-corrected chi connectivity index (χ4v) is 4.42. The number of sulfonamides is 1. The number of carbonyl (C=O) groups excluding carboxylic acids is 1. The van der Waals surface area contributed by atoms with Gasteiger partial charge >= 0.3 is 0 Å². The first-order valence-electron chi connectivity index (χ1n) is 11.0. The zero-order valence-corrected chi connectivity index (χ0v) is 20.2. The van der Waals surface area contributed by atoms with Gasteiger partial charge in [-0.15, -0.1) is 0 Å². The molecule has 0 radical (unpaired) electrons. The zero-order chi connectivity index (χ0) is 24.6. The standard InChI is InChI=1S/C26H29N3O4S/c1-19(2)33-23-13-11-21(12-14-23)18-27-28-26(30)17-25(22-7-5-4-6-8-22)29-34(31,32)24-15-9-20(3)10-16-24/h4-16,18-19,25,29H,17H2,1-3H3,(H,28,30)/b27-18-/t25-/m1/s1. The number of nitrogens with one attached hydrogen (secondary N) is 2. The monoisotopic (exact) mass is 479 g/mol. The molecule has 0 heterocycles. The van der Waals surface area contributed by atoms with E-state index >= 15 is 0 Å². The predicted octanol–water partition coefficient (Wildman–Crippen LogP) is 4.34. The summed E-state index contributed by atoms with van der Waals surface area (Å²) in [6.45, 7) is 5.79. The van der Waals surface area contributed by atoms with Gasteiger partial charge in [0.1, 0.15) is 5.75 Å². The molecule has 3 aromatic carbocycles. The minimum absolute atomic E-state index is 0.0831. The molecule has 0 fully saturated rings. The van der Waals surface area contributed by atoms with Gasteiger partial charge in [0.25, 0.3) is 0 Å². The SMILES string of the molecule is Cc1ccc(S(=O)(=O)N[C@H](CC(=O)N/N=C\c2ccc(OC(C)C)cc2)c2ccccc2)cc1. The lowest BCUT2D eigenvalue weighted by molar-refractivity contribution is -0.121. The molecule has 3 rings (SSSR count). The Balaban J connectivity index is 1.67. The van der Waals surface area contributed by atoms with Crippen molar-refractivity contribution in [2.45, 2.75) is 44.2 Å². The molecule has 0 aromatic heterocycles. The average molecular weight is 480 g/mol. The quantitative estimate of drug-likeness (QED) is 0.334. The third-order valence-electron chi connectivity index (χ3n) is 4.87. The molecule has 7 nitrogen and oxygen atoms in total. The van der Waals surface area contributed by atoms with E-state index in [1.807, 2.05) is 51.1 Å². The van der Waals surface area contributed by atoms with Gasteiger partial charge in [0.2, 0.25) is 15.9 Å². The van der Waals surface area contributed by atoms with Gasteiger partial charge in [-0.2, -0.15) is 5.10 Å². The summed E-state index contributed by atoms with van der Waals surface area (Å²) in [4.78, 5) is 12.7. The van der Waals surface area contributed by atoms with E-state index in [-0.39, 0.29) is 17.4 Å². The number of nitrogens with zero attached hydrogens (tertiary/aromatic N) is 1. The molecule has 3 aromatic rings. The van der Waals surface area contributed by atoms with Crippen LogP contribution in [0, 0.1) is 6.92 Å². The summed E-state index contributed by atoms with van der Waals surface area (Å²) < 4.78 is 34.1. The molecule has 2 N–H and O–H groups in total. The molecule has 178 valence electrons. The maximum Gasteiger partial charge on any atom is 0.242 e. The van der Waals surface area contributed by atoms with E-state index in [1.54, 1.807) is 48.5 Å². The van der Waals surface area contributed by atoms with E-state index in [0.29, 0.717) is 5.56 Å². The second kappa shape index (κ2) is 11.6. The second-order valence-electron chi connectivity index (χ2n) is 8.13. The van der Waals surface area contributed by atoms with Crippen LogP contribution in [0.4, 0.5) is 0 Å². The van der Waals surface area contributed by atoms with Crippen LogP contribution in [-0.4, -0.2) is 26.6 Å². The highest BCUT2D eigenvalue weighted by Gasteiger charge is 2.23. The Morgan fingerprint density at radius 2 is 1.62 bits per heavy atom. The molecule has 8 heteroatoms. The number of aryl methyl sites for hydroxylation is 1. The molecule has 0 saturated carbocycles. The van der Waals surface area contributed by atoms with E-state index in [2.05, 4.69) is 15.2 Å². The molecular formula is C26H29N3O4S. The molecule has 1 amide bonds. The van der Waals surface area contributed by atoms with E-state index in [4.69, 9.17) is 4.74 Å². The first-order valence-corrected chi connectivity index (χ1v) is 12.4. The zero-order valence-electron chi connectivity index (χ0n) is 19.4. The summed E-state index contributed by atoms with van der Waals surface area (Å²) in [6, 6.07) is 22.1. The summed E-state index contributed by atoms with van der Waals surface area (Å²) in [5.41, 5.74) is 4.90. The maximum absolute atomic E-state index is 12.9. The minimum Gasteiger partial charge on any atom is -0.491 e. The van der Waals surface area contributed by atoms with Crippen molar-refractivity contribution in [2.24, 2.45) is 5.10 Å². The van der Waals surface area contributed by atoms with Gasteiger partial charge in [0.15, 0.2) is 0 Å². The van der Waals surface area contributed by atoms with E-state index in [9.17, 15) is 13.2 Å². The van der Waals surface area contributed by atoms with Crippen LogP contribution in [0.3, 0.4) is 0 Å². The fraction of sp³-hybridized carbons (Fsp3) is 0.231. The number of rotatable bonds is 10. The lowest BCUT2D eigenvalue weighted by atomic mass is 10.0. The minimum atomic E-state index is -3.83. The Morgan fingerprint density at radius 3 is 2.24 bits per heavy atom. The first kappa shape index (κ1) is 25.1. The second-order valence-corrected chi connectivity index (χ2v) is 9.84. The van der Waals surface area contributed by atoms with Crippen LogP contribution in [0.1, 0.15) is 43.0 Å². The van der Waals surface area contributed by atoms with Crippen LogP contribution >= 0.6 is 0 Å². The summed E-state index contributed by atoms with van der Waals surface area (Å²) in [6.07, 6.45) is 1.48. The lowest BCUT2D eigenvalue weighted by Gasteiger charge is -2.18. The Labute approximate surface area is 200 Å². The normalized spacial score (nSPS) is 12.6. The van der Waals surface area contributed by atoms with Crippen molar-refractivity contribution in [2.75, 3.05) is 0 Å². The van der Waals surface area contributed by atoms with Gasteiger partial charge in [-0.3, -0.25) is 4.79 Å². The molecule has 0 saturated heterocycles. The maximum atomic E-state index is 12.9. The Morgan fingerprint density at radius 1 is 0.971 bits per heavy atom. The van der Waals surface area contributed by atoms with Crippen molar-refractivity contribution < 1.29 is 17.9 Å². The summed E-state index contributed by atoms with van der Waals surface area (Å²) in [5, 5.41) is 4.00. The van der Waals surface area contributed by atoms with Gasteiger partial charge in [-0.25, -0.2) is 18.6 Å². The topological polar surface area (TPSA) is 96.9 Å². The highest BCUT2D eigenvalue weighted by molar-refractivity contribution is 7.89. The number of hydrogen-bond acceptors (Lipinski definition) is 5. The van der Waals surface area contributed by atoms with Crippen LogP contribution < -0.4 is 14.9 Å². The number of hydrazone groups is 1. The third-order valence-corrected chi connectivity index (χ3v) is 6.36. The van der Waals surface area contributed by atoms with Crippen molar-refractivity contribution >= 4 is 22.1 Å². The number of amides is 1. The van der Waals surface area contributed by atoms with Gasteiger partial charge in [-0.05, 0) is 68.3 Å². The van der Waals surface area contributed by atoms with Crippen molar-refractivity contribution in [3.8, 4) is 5.75 Å². The summed E-state index contributed by atoms with van der Waals surface area (Å²) in [5.74, 6) is 0.333. The number of benzene rings is 3. The highest BCUT2D eigenvalue weighted by Crippen LogP contribution is 2.21. The highest BCUT2D eigenvalue weighted by atomic mass is 32.2. The molecule has 0 bridgehead atoms. The van der Waals surface area contributed by atoms with Gasteiger partial charge in [-0.1, -0.05) is 48.0 Å². The van der Waals surface area contributed by atoms with Crippen LogP contribution in [0.15, 0.2) is 88.9 Å². The molecule has 0 aliphatic carbocycles. The van der Waals surface area contributed by atoms with Crippen molar-refractivity contribution in [1.29, 1.82) is 0 Å². The molecule has 0 spiro atoms. The van der Waals surface area contributed by atoms with E-state index in [1.165, 1.54) is 6.21 Å². The third kappa shape index (κ3) is 7.54. The number of carbonyl (C=O) groups is 1. The van der Waals surface area contributed by atoms with Gasteiger partial charge in [0.05, 0.1) is 23.3 Å². The Kier molecular flexibility index (Phi) is 8.56. The summed E-state index contributed by atoms with van der Waals surface area (Å²) >= 11 is 0. The first-order chi connectivity index (χ1) is 16.2. The Hall–Kier alpha value is -3.49. The summed E-state index contributed by atoms with van der Waals surface area (Å²) in [7, 11) is -3.83. The van der Waals surface area contributed by atoms with Crippen LogP contribution in [-0.2, 0) is 14.8 Å². The molecular weight excluding hydrogens is 450 g/mol. The van der Waals surface area contributed by atoms with E-state index in [0.717, 1.165) is 16.9 Å². The predicted molar refractivity (Wildman–Crippen MR) is 133 cm³/mol. The lowest BCUT2D eigenvalue weighted by Crippen LogP contribution is -2.32. The smallest absolute Gasteiger partial charge is 0.242 e. The molecule has 34 heavy (non-hydrogen) atoms. The molecule has 1 atom stereocenters. The Bertz CT molecular complexity index is 1210. The number of hydrogen-bond donors (Lipinski definition) is 2.